The third-order valence-corrected chi connectivity index (χ3v) is 4.26. The van der Waals surface area contributed by atoms with Gasteiger partial charge in [-0.2, -0.15) is 0 Å². The molecule has 0 atom stereocenters. The van der Waals surface area contributed by atoms with Gasteiger partial charge >= 0.3 is 0 Å². The first kappa shape index (κ1) is 12.7. The van der Waals surface area contributed by atoms with Crippen molar-refractivity contribution in [3.05, 3.63) is 23.0 Å². The number of benzene rings is 1. The summed E-state index contributed by atoms with van der Waals surface area (Å²) in [5.41, 5.74) is 2.05. The molecule has 1 fully saturated rings. The van der Waals surface area contributed by atoms with E-state index in [-0.39, 0.29) is 6.10 Å². The highest BCUT2D eigenvalue weighted by molar-refractivity contribution is 7.71. The van der Waals surface area contributed by atoms with Crippen molar-refractivity contribution >= 4 is 23.3 Å². The zero-order valence-electron chi connectivity index (χ0n) is 10.9. The summed E-state index contributed by atoms with van der Waals surface area (Å²) in [5.74, 6) is 0.818. The molecule has 0 spiro atoms. The average Bonchev–Trinajstić information content (AvgIpc) is 2.76. The van der Waals surface area contributed by atoms with Crippen molar-refractivity contribution in [3.8, 4) is 5.75 Å². The number of nitrogens with zero attached hydrogens (tertiary/aromatic N) is 1. The zero-order chi connectivity index (χ0) is 13.4. The Labute approximate surface area is 117 Å². The van der Waals surface area contributed by atoms with Crippen LogP contribution in [0, 0.1) is 4.77 Å². The van der Waals surface area contributed by atoms with Crippen molar-refractivity contribution in [3.63, 3.8) is 0 Å². The molecule has 1 saturated carbocycles. The molecule has 0 bridgehead atoms. The lowest BCUT2D eigenvalue weighted by atomic mass is 9.93. The van der Waals surface area contributed by atoms with Gasteiger partial charge in [0.1, 0.15) is 11.3 Å². The van der Waals surface area contributed by atoms with E-state index in [1.807, 2.05) is 12.1 Å². The summed E-state index contributed by atoms with van der Waals surface area (Å²) < 4.78 is 8.29. The Bertz CT molecular complexity index is 638. The lowest BCUT2D eigenvalue weighted by Gasteiger charge is -2.27. The Morgan fingerprint density at radius 3 is 2.74 bits per heavy atom. The van der Waals surface area contributed by atoms with Crippen molar-refractivity contribution in [1.29, 1.82) is 0 Å². The van der Waals surface area contributed by atoms with E-state index in [0.29, 0.717) is 6.04 Å². The smallest absolute Gasteiger partial charge is 0.178 e. The fourth-order valence-corrected chi connectivity index (χ4v) is 3.32. The fourth-order valence-electron chi connectivity index (χ4n) is 2.97. The Balaban J connectivity index is 2.08. The summed E-state index contributed by atoms with van der Waals surface area (Å²) in [5, 5.41) is 9.63. The standard InChI is InChI=1S/C14H18N2O2S/c1-18-12-4-2-3-11-13(12)15-14(19)16(11)9-5-7-10(17)8-6-9/h2-4,9-10,17H,5-8H2,1H3,(H,15,19). The van der Waals surface area contributed by atoms with Gasteiger partial charge in [0.05, 0.1) is 18.7 Å². The van der Waals surface area contributed by atoms with Crippen LogP contribution >= 0.6 is 12.2 Å². The van der Waals surface area contributed by atoms with Gasteiger partial charge in [0, 0.05) is 6.04 Å². The Kier molecular flexibility index (Phi) is 3.33. The third kappa shape index (κ3) is 2.17. The first-order valence-electron chi connectivity index (χ1n) is 6.66. The van der Waals surface area contributed by atoms with Crippen LogP contribution < -0.4 is 4.74 Å². The van der Waals surface area contributed by atoms with Crippen molar-refractivity contribution < 1.29 is 9.84 Å². The molecule has 102 valence electrons. The molecule has 1 aromatic heterocycles. The van der Waals surface area contributed by atoms with E-state index in [1.54, 1.807) is 7.11 Å². The molecule has 0 amide bonds. The summed E-state index contributed by atoms with van der Waals surface area (Å²) in [6.45, 7) is 0. The summed E-state index contributed by atoms with van der Waals surface area (Å²) >= 11 is 5.46. The molecule has 0 saturated heterocycles. The Morgan fingerprint density at radius 2 is 2.05 bits per heavy atom. The number of methoxy groups -OCH3 is 1. The maximum Gasteiger partial charge on any atom is 0.178 e. The molecule has 1 aromatic carbocycles. The summed E-state index contributed by atoms with van der Waals surface area (Å²) in [6.07, 6.45) is 3.50. The van der Waals surface area contributed by atoms with E-state index in [2.05, 4.69) is 15.6 Å². The Hall–Kier alpha value is -1.33. The second-order valence-corrected chi connectivity index (χ2v) is 5.50. The van der Waals surface area contributed by atoms with E-state index in [4.69, 9.17) is 17.0 Å². The predicted octanol–water partition coefficient (Wildman–Crippen LogP) is 3.18. The van der Waals surface area contributed by atoms with Gasteiger partial charge in [-0.1, -0.05) is 6.07 Å². The van der Waals surface area contributed by atoms with Crippen LogP contribution in [-0.4, -0.2) is 27.9 Å². The van der Waals surface area contributed by atoms with E-state index in [1.165, 1.54) is 0 Å². The number of imidazole rings is 1. The van der Waals surface area contributed by atoms with E-state index < -0.39 is 0 Å². The number of aliphatic hydroxyl groups is 1. The molecule has 0 aliphatic heterocycles. The number of nitrogens with one attached hydrogen (secondary N) is 1. The molecule has 1 aliphatic carbocycles. The van der Waals surface area contributed by atoms with Crippen LogP contribution in [-0.2, 0) is 0 Å². The SMILES string of the molecule is COc1cccc2c1[nH]c(=S)n2C1CCC(O)CC1. The van der Waals surface area contributed by atoms with Crippen LogP contribution in [0.2, 0.25) is 0 Å². The van der Waals surface area contributed by atoms with Gasteiger partial charge in [0.15, 0.2) is 4.77 Å². The van der Waals surface area contributed by atoms with Crippen LogP contribution in [0.4, 0.5) is 0 Å². The third-order valence-electron chi connectivity index (χ3n) is 3.97. The number of hydrogen-bond donors (Lipinski definition) is 2. The highest BCUT2D eigenvalue weighted by atomic mass is 32.1. The fraction of sp³-hybridized carbons (Fsp3) is 0.500. The number of para-hydroxylation sites is 1. The summed E-state index contributed by atoms with van der Waals surface area (Å²) in [4.78, 5) is 3.25. The molecule has 1 aliphatic rings. The average molecular weight is 278 g/mol. The van der Waals surface area contributed by atoms with Crippen LogP contribution in [0.1, 0.15) is 31.7 Å². The maximum atomic E-state index is 9.63. The number of H-pyrrole nitrogens is 1. The highest BCUT2D eigenvalue weighted by Crippen LogP contribution is 2.33. The lowest BCUT2D eigenvalue weighted by molar-refractivity contribution is 0.111. The first-order valence-corrected chi connectivity index (χ1v) is 7.07. The Morgan fingerprint density at radius 1 is 1.32 bits per heavy atom. The molecule has 5 heteroatoms. The summed E-state index contributed by atoms with van der Waals surface area (Å²) in [6, 6.07) is 6.35. The molecule has 2 aromatic rings. The quantitative estimate of drug-likeness (QED) is 0.830. The van der Waals surface area contributed by atoms with Gasteiger partial charge in [0.25, 0.3) is 0 Å². The molecular formula is C14H18N2O2S. The second kappa shape index (κ2) is 4.98. The largest absolute Gasteiger partial charge is 0.494 e. The van der Waals surface area contributed by atoms with Gasteiger partial charge in [-0.25, -0.2) is 0 Å². The number of aliphatic hydroxyl groups excluding tert-OH is 1. The highest BCUT2D eigenvalue weighted by Gasteiger charge is 2.23. The van der Waals surface area contributed by atoms with E-state index in [0.717, 1.165) is 47.2 Å². The van der Waals surface area contributed by atoms with Crippen LogP contribution in [0.5, 0.6) is 5.75 Å². The molecule has 0 radical (unpaired) electrons. The number of fused-ring (bicyclic) bond motifs is 1. The van der Waals surface area contributed by atoms with Crippen molar-refractivity contribution in [1.82, 2.24) is 9.55 Å². The minimum atomic E-state index is -0.148. The van der Waals surface area contributed by atoms with Gasteiger partial charge < -0.3 is 19.4 Å². The molecular weight excluding hydrogens is 260 g/mol. The molecule has 1 heterocycles. The maximum absolute atomic E-state index is 9.63. The predicted molar refractivity (Wildman–Crippen MR) is 77.2 cm³/mol. The van der Waals surface area contributed by atoms with Gasteiger partial charge in [0.2, 0.25) is 0 Å². The number of aromatic nitrogens is 2. The van der Waals surface area contributed by atoms with Crippen LogP contribution in [0.25, 0.3) is 11.0 Å². The van der Waals surface area contributed by atoms with Crippen LogP contribution in [0.3, 0.4) is 0 Å². The van der Waals surface area contributed by atoms with Gasteiger partial charge in [-0.15, -0.1) is 0 Å². The number of aromatic amines is 1. The van der Waals surface area contributed by atoms with Crippen molar-refractivity contribution in [2.45, 2.75) is 37.8 Å². The van der Waals surface area contributed by atoms with Crippen molar-refractivity contribution in [2.24, 2.45) is 0 Å². The number of ether oxygens (including phenoxy) is 1. The second-order valence-electron chi connectivity index (χ2n) is 5.12. The minimum absolute atomic E-state index is 0.148. The normalized spacial score (nSPS) is 23.7. The molecule has 4 nitrogen and oxygen atoms in total. The van der Waals surface area contributed by atoms with Gasteiger partial charge in [-0.3, -0.25) is 0 Å². The summed E-state index contributed by atoms with van der Waals surface area (Å²) in [7, 11) is 1.67. The van der Waals surface area contributed by atoms with Crippen LogP contribution in [0.15, 0.2) is 18.2 Å². The number of hydrogen-bond acceptors (Lipinski definition) is 3. The monoisotopic (exact) mass is 278 g/mol. The molecule has 0 unspecified atom stereocenters. The van der Waals surface area contributed by atoms with Crippen molar-refractivity contribution in [2.75, 3.05) is 7.11 Å². The zero-order valence-corrected chi connectivity index (χ0v) is 11.7. The first-order chi connectivity index (χ1) is 9.20. The van der Waals surface area contributed by atoms with Gasteiger partial charge in [-0.05, 0) is 50.0 Å². The molecule has 2 N–H and O–H groups in total. The lowest BCUT2D eigenvalue weighted by Crippen LogP contribution is -2.21. The number of rotatable bonds is 2. The molecule has 19 heavy (non-hydrogen) atoms. The minimum Gasteiger partial charge on any atom is -0.494 e. The molecule has 3 rings (SSSR count). The topological polar surface area (TPSA) is 50.2 Å². The van der Waals surface area contributed by atoms with E-state index in [9.17, 15) is 5.11 Å². The van der Waals surface area contributed by atoms with E-state index >= 15 is 0 Å².